The van der Waals surface area contributed by atoms with Crippen molar-refractivity contribution in [2.45, 2.75) is 61.3 Å². The molecule has 0 spiro atoms. The summed E-state index contributed by atoms with van der Waals surface area (Å²) in [6, 6.07) is 0. The molecular weight excluding hydrogens is 674 g/mol. The molecule has 244 valence electrons. The van der Waals surface area contributed by atoms with Crippen LogP contribution in [0.4, 0.5) is 23.0 Å². The molecule has 0 aliphatic carbocycles. The van der Waals surface area contributed by atoms with Gasteiger partial charge in [-0.15, -0.1) is 0 Å². The summed E-state index contributed by atoms with van der Waals surface area (Å²) in [6.07, 6.45) is 1.41. The van der Waals surface area contributed by atoms with Gasteiger partial charge in [-0.25, -0.2) is 29.1 Å². The van der Waals surface area contributed by atoms with Gasteiger partial charge in [0.1, 0.15) is 47.9 Å². The maximum Gasteiger partial charge on any atom is 0.416 e. The zero-order valence-electron chi connectivity index (χ0n) is 23.5. The number of aliphatic imine (C=N–C) groups is 2. The van der Waals surface area contributed by atoms with Gasteiger partial charge in [-0.2, -0.15) is 0 Å². The lowest BCUT2D eigenvalue weighted by molar-refractivity contribution is -0.0285. The zero-order valence-corrected chi connectivity index (χ0v) is 27.0. The van der Waals surface area contributed by atoms with E-state index in [1.807, 2.05) is 0 Å². The lowest BCUT2D eigenvalue weighted by Gasteiger charge is -2.25. The van der Waals surface area contributed by atoms with Gasteiger partial charge in [0.15, 0.2) is 11.6 Å². The van der Waals surface area contributed by atoms with E-state index in [0.29, 0.717) is 34.4 Å². The van der Waals surface area contributed by atoms with E-state index in [-0.39, 0.29) is 37.0 Å². The monoisotopic (exact) mass is 704 g/mol. The van der Waals surface area contributed by atoms with Crippen molar-refractivity contribution in [2.75, 3.05) is 31.8 Å². The van der Waals surface area contributed by atoms with E-state index in [1.54, 1.807) is 12.4 Å². The molecule has 10 atom stereocenters. The van der Waals surface area contributed by atoms with Crippen LogP contribution >= 0.6 is 37.5 Å². The highest BCUT2D eigenvalue weighted by Gasteiger charge is 2.48. The maximum absolute atomic E-state index is 13.9. The van der Waals surface area contributed by atoms with E-state index in [2.05, 4.69) is 42.2 Å². The van der Waals surface area contributed by atoms with Crippen molar-refractivity contribution in [3.05, 3.63) is 24.0 Å². The third-order valence-electron chi connectivity index (χ3n) is 7.63. The minimum atomic E-state index is -4.19. The van der Waals surface area contributed by atoms with Crippen LogP contribution in [0.15, 0.2) is 22.6 Å². The van der Waals surface area contributed by atoms with Crippen molar-refractivity contribution in [2.24, 2.45) is 9.98 Å². The molecular formula is C23H30N8O10P2S2. The SMILES string of the molecule is COSP(=O)(OC[C@H]1OC(C2C=Nc3c(N)ncnc32)C[C@@H]1O)O[C@H]1CC(C2C=Nc3c(N)ncnc32)O[C@@H]1COP(=O)(O)S. The Balaban J connectivity index is 1.14. The smallest absolute Gasteiger partial charge is 0.390 e. The first-order valence-corrected chi connectivity index (χ1v) is 19.2. The van der Waals surface area contributed by atoms with Crippen LogP contribution in [0.5, 0.6) is 0 Å². The van der Waals surface area contributed by atoms with Crippen LogP contribution in [0.25, 0.3) is 0 Å². The van der Waals surface area contributed by atoms with Crippen LogP contribution in [-0.4, -0.2) is 99.3 Å². The van der Waals surface area contributed by atoms with Gasteiger partial charge in [-0.05, 0) is 0 Å². The largest absolute Gasteiger partial charge is 0.416 e. The summed E-state index contributed by atoms with van der Waals surface area (Å²) in [4.78, 5) is 34.7. The van der Waals surface area contributed by atoms with Crippen molar-refractivity contribution < 1.29 is 46.4 Å². The summed E-state index contributed by atoms with van der Waals surface area (Å²) in [6.45, 7) is -9.03. The Kier molecular flexibility index (Phi) is 9.65. The first kappa shape index (κ1) is 32.9. The van der Waals surface area contributed by atoms with E-state index in [4.69, 9.17) is 38.7 Å². The Hall–Kier alpha value is -2.06. The molecule has 2 aromatic rings. The summed E-state index contributed by atoms with van der Waals surface area (Å²) >= 11 is 4.03. The highest BCUT2D eigenvalue weighted by Crippen LogP contribution is 2.63. The first-order chi connectivity index (χ1) is 21.4. The van der Waals surface area contributed by atoms with Crippen molar-refractivity contribution >= 4 is 72.9 Å². The molecule has 22 heteroatoms. The molecule has 2 fully saturated rings. The van der Waals surface area contributed by atoms with Crippen molar-refractivity contribution in [3.63, 3.8) is 0 Å². The summed E-state index contributed by atoms with van der Waals surface area (Å²) < 4.78 is 59.7. The molecule has 6 heterocycles. The maximum atomic E-state index is 13.9. The molecule has 45 heavy (non-hydrogen) atoms. The number of aromatic nitrogens is 4. The molecule has 2 saturated heterocycles. The zero-order chi connectivity index (χ0) is 31.9. The fourth-order valence-corrected chi connectivity index (χ4v) is 8.64. The quantitative estimate of drug-likeness (QED) is 0.121. The number of aliphatic hydroxyl groups is 1. The van der Waals surface area contributed by atoms with Gasteiger partial charge < -0.3 is 35.1 Å². The number of anilines is 2. The lowest BCUT2D eigenvalue weighted by atomic mass is 9.97. The summed E-state index contributed by atoms with van der Waals surface area (Å²) in [7, 11) is 1.29. The molecule has 2 aromatic heterocycles. The predicted molar refractivity (Wildman–Crippen MR) is 165 cm³/mol. The fraction of sp³-hybridized carbons (Fsp3) is 0.565. The topological polar surface area (TPSA) is 258 Å². The van der Waals surface area contributed by atoms with E-state index < -0.39 is 62.7 Å². The molecule has 0 saturated carbocycles. The third-order valence-corrected chi connectivity index (χ3v) is 11.4. The average molecular weight is 705 g/mol. The number of aliphatic hydroxyl groups excluding tert-OH is 1. The van der Waals surface area contributed by atoms with Crippen LogP contribution in [0.2, 0.25) is 0 Å². The molecule has 0 aromatic carbocycles. The lowest BCUT2D eigenvalue weighted by Crippen LogP contribution is -2.29. The normalized spacial score (nSPS) is 32.8. The van der Waals surface area contributed by atoms with Crippen LogP contribution < -0.4 is 11.5 Å². The summed E-state index contributed by atoms with van der Waals surface area (Å²) in [5, 5.41) is 10.8. The van der Waals surface area contributed by atoms with E-state index in [1.165, 1.54) is 19.8 Å². The molecule has 6 rings (SSSR count). The Morgan fingerprint density at radius 1 is 0.933 bits per heavy atom. The van der Waals surface area contributed by atoms with Gasteiger partial charge in [0, 0.05) is 25.3 Å². The van der Waals surface area contributed by atoms with Crippen LogP contribution in [-0.2, 0) is 36.4 Å². The summed E-state index contributed by atoms with van der Waals surface area (Å²) in [5.41, 5.74) is 13.8. The van der Waals surface area contributed by atoms with Crippen molar-refractivity contribution in [3.8, 4) is 0 Å². The minimum absolute atomic E-state index is 0.143. The van der Waals surface area contributed by atoms with Crippen molar-refractivity contribution in [1.29, 1.82) is 0 Å². The molecule has 18 nitrogen and oxygen atoms in total. The molecule has 0 bridgehead atoms. The van der Waals surface area contributed by atoms with Gasteiger partial charge in [0.05, 0.1) is 68.0 Å². The Morgan fingerprint density at radius 2 is 1.49 bits per heavy atom. The Labute approximate surface area is 265 Å². The number of nitrogens with two attached hydrogens (primary N) is 2. The number of fused-ring (bicyclic) bond motifs is 2. The van der Waals surface area contributed by atoms with Gasteiger partial charge in [0.25, 0.3) is 0 Å². The predicted octanol–water partition coefficient (Wildman–Crippen LogP) is 2.26. The van der Waals surface area contributed by atoms with Gasteiger partial charge in [0.2, 0.25) is 0 Å². The first-order valence-electron chi connectivity index (χ1n) is 13.6. The molecule has 4 aliphatic heterocycles. The number of nitrogen functional groups attached to an aromatic ring is 2. The van der Waals surface area contributed by atoms with Gasteiger partial charge in [-0.3, -0.25) is 23.6 Å². The molecule has 0 amide bonds. The Morgan fingerprint density at radius 3 is 2.07 bits per heavy atom. The number of hydrogen-bond acceptors (Lipinski definition) is 18. The molecule has 4 aliphatic rings. The number of hydrogen-bond donors (Lipinski definition) is 5. The molecule has 0 radical (unpaired) electrons. The van der Waals surface area contributed by atoms with E-state index in [9.17, 15) is 19.1 Å². The fourth-order valence-electron chi connectivity index (χ4n) is 5.60. The number of ether oxygens (including phenoxy) is 2. The highest BCUT2D eigenvalue weighted by atomic mass is 32.7. The highest BCUT2D eigenvalue weighted by molar-refractivity contribution is 8.52. The van der Waals surface area contributed by atoms with Gasteiger partial charge >= 0.3 is 13.6 Å². The van der Waals surface area contributed by atoms with Crippen LogP contribution in [0.1, 0.15) is 36.1 Å². The number of rotatable bonds is 12. The second kappa shape index (κ2) is 13.2. The number of nitrogens with zero attached hydrogens (tertiary/aromatic N) is 6. The second-order valence-electron chi connectivity index (χ2n) is 10.5. The second-order valence-corrected chi connectivity index (χ2v) is 16.9. The average Bonchev–Trinajstić information content (AvgIpc) is 3.76. The van der Waals surface area contributed by atoms with Gasteiger partial charge in [-0.1, -0.05) is 12.2 Å². The van der Waals surface area contributed by atoms with E-state index >= 15 is 0 Å². The van der Waals surface area contributed by atoms with Crippen LogP contribution in [0, 0.1) is 0 Å². The molecule has 6 N–H and O–H groups in total. The van der Waals surface area contributed by atoms with E-state index in [0.717, 1.165) is 0 Å². The third kappa shape index (κ3) is 7.12. The standard InChI is InChI=1S/C23H30N8O10P2S2/c1-36-45-43(35,38-6-16-12(32)2-13(39-16)10-4-26-20-18(10)28-8-30-22(20)24)41-15-3-14(40-17(15)7-37-42(33,34)44)11-5-27-21-19(11)29-9-31-23(21)25/h4-5,8-17,32H,2-3,6-7H2,1H3,(H2,24,28,30)(H2,25,29,31)(H2,33,34,44)/t10?,11?,12-,13?,14?,15-,16+,17+,43?/m0/s1. The molecule has 6 unspecified atom stereocenters. The number of thiol groups is 1. The minimum Gasteiger partial charge on any atom is -0.390 e. The Bertz CT molecular complexity index is 1590. The summed E-state index contributed by atoms with van der Waals surface area (Å²) in [5.74, 6) is -0.381. The van der Waals surface area contributed by atoms with Crippen LogP contribution in [0.3, 0.4) is 0 Å². The van der Waals surface area contributed by atoms with Crippen molar-refractivity contribution in [1.82, 2.24) is 19.9 Å².